The number of piperidine rings is 1. The molecule has 5 rings (SSSR count). The van der Waals surface area contributed by atoms with Crippen molar-refractivity contribution in [2.75, 3.05) is 38.7 Å². The molecule has 10 nitrogen and oxygen atoms in total. The molecular weight excluding hydrogens is 555 g/mol. The second-order valence-electron chi connectivity index (χ2n) is 10.2. The van der Waals surface area contributed by atoms with Gasteiger partial charge in [0.25, 0.3) is 0 Å². The third-order valence-corrected chi connectivity index (χ3v) is 7.18. The summed E-state index contributed by atoms with van der Waals surface area (Å²) in [6.07, 6.45) is 2.67. The summed E-state index contributed by atoms with van der Waals surface area (Å²) in [5, 5.41) is 18.8. The lowest BCUT2D eigenvalue weighted by atomic mass is 9.99. The number of halogens is 1. The first kappa shape index (κ1) is 29.7. The number of nitrogens with zero attached hydrogens (tertiary/aromatic N) is 1. The number of aliphatic hydroxyl groups excluding tert-OH is 1. The zero-order valence-electron chi connectivity index (χ0n) is 23.6. The first-order valence-corrected chi connectivity index (χ1v) is 14.0. The monoisotopic (exact) mass is 588 g/mol. The van der Waals surface area contributed by atoms with Gasteiger partial charge in [0.05, 0.1) is 25.3 Å². The standard InChI is InChI=1S/C32H33FN4O6/c1-41-29-16-23-25(17-30(29)42-19-20-9-12-34-13-10-20)35-14-11-27(23)43-28-8-7-22(15-24(28)33)37-32(40)31(39)36-18-26(38)21-5-3-2-4-6-21/h2-8,11,14-17,20,26,34,38H,9-10,12-13,18-19H2,1H3,(H,36,39)(H,37,40). The number of hydrogen-bond donors (Lipinski definition) is 4. The number of amides is 2. The third-order valence-electron chi connectivity index (χ3n) is 7.18. The summed E-state index contributed by atoms with van der Waals surface area (Å²) in [7, 11) is 1.55. The minimum absolute atomic E-state index is 0.0606. The molecule has 1 atom stereocenters. The molecule has 0 saturated carbocycles. The fraction of sp³-hybridized carbons (Fsp3) is 0.281. The van der Waals surface area contributed by atoms with E-state index in [0.717, 1.165) is 32.0 Å². The lowest BCUT2D eigenvalue weighted by Crippen LogP contribution is -2.37. The summed E-state index contributed by atoms with van der Waals surface area (Å²) < 4.78 is 32.6. The number of benzene rings is 3. The quantitative estimate of drug-likeness (QED) is 0.201. The largest absolute Gasteiger partial charge is 0.493 e. The Balaban J connectivity index is 1.23. The van der Waals surface area contributed by atoms with Gasteiger partial charge in [-0.05, 0) is 61.7 Å². The van der Waals surface area contributed by atoms with Crippen molar-refractivity contribution in [1.82, 2.24) is 15.6 Å². The number of fused-ring (bicyclic) bond motifs is 1. The number of carbonyl (C=O) groups excluding carboxylic acids is 2. The van der Waals surface area contributed by atoms with Crippen LogP contribution in [0.25, 0.3) is 10.9 Å². The van der Waals surface area contributed by atoms with Gasteiger partial charge in [-0.3, -0.25) is 14.6 Å². The number of carbonyl (C=O) groups is 2. The molecule has 0 radical (unpaired) electrons. The van der Waals surface area contributed by atoms with E-state index in [2.05, 4.69) is 20.9 Å². The SMILES string of the molecule is COc1cc2c(Oc3ccc(NC(=O)C(=O)NCC(O)c4ccccc4)cc3F)ccnc2cc1OCC1CCNCC1. The molecule has 4 N–H and O–H groups in total. The number of pyridine rings is 1. The highest BCUT2D eigenvalue weighted by molar-refractivity contribution is 6.39. The first-order valence-electron chi connectivity index (χ1n) is 14.0. The third kappa shape index (κ3) is 7.56. The zero-order chi connectivity index (χ0) is 30.2. The summed E-state index contributed by atoms with van der Waals surface area (Å²) in [5.41, 5.74) is 1.25. The fourth-order valence-corrected chi connectivity index (χ4v) is 4.78. The van der Waals surface area contributed by atoms with Crippen molar-refractivity contribution in [3.63, 3.8) is 0 Å². The lowest BCUT2D eigenvalue weighted by molar-refractivity contribution is -0.136. The van der Waals surface area contributed by atoms with Crippen molar-refractivity contribution in [3.8, 4) is 23.0 Å². The van der Waals surface area contributed by atoms with Crippen LogP contribution in [0.5, 0.6) is 23.0 Å². The highest BCUT2D eigenvalue weighted by Gasteiger charge is 2.19. The smallest absolute Gasteiger partial charge is 0.313 e. The highest BCUT2D eigenvalue weighted by atomic mass is 19.1. The van der Waals surface area contributed by atoms with Crippen molar-refractivity contribution in [2.45, 2.75) is 18.9 Å². The van der Waals surface area contributed by atoms with Gasteiger partial charge in [-0.15, -0.1) is 0 Å². The van der Waals surface area contributed by atoms with Crippen molar-refractivity contribution in [1.29, 1.82) is 0 Å². The number of ether oxygens (including phenoxy) is 3. The highest BCUT2D eigenvalue weighted by Crippen LogP contribution is 2.38. The van der Waals surface area contributed by atoms with E-state index in [4.69, 9.17) is 14.2 Å². The summed E-state index contributed by atoms with van der Waals surface area (Å²) in [5.74, 6) is -0.925. The van der Waals surface area contributed by atoms with E-state index >= 15 is 4.39 Å². The maximum atomic E-state index is 15.0. The van der Waals surface area contributed by atoms with Gasteiger partial charge in [0.2, 0.25) is 0 Å². The Bertz CT molecular complexity index is 1580. The molecule has 4 aromatic rings. The maximum absolute atomic E-state index is 15.0. The van der Waals surface area contributed by atoms with E-state index in [-0.39, 0.29) is 18.0 Å². The van der Waals surface area contributed by atoms with Gasteiger partial charge in [0.15, 0.2) is 23.1 Å². The fourth-order valence-electron chi connectivity index (χ4n) is 4.78. The average Bonchev–Trinajstić information content (AvgIpc) is 3.04. The Kier molecular flexibility index (Phi) is 9.65. The summed E-state index contributed by atoms with van der Waals surface area (Å²) >= 11 is 0. The second-order valence-corrected chi connectivity index (χ2v) is 10.2. The Morgan fingerprint density at radius 3 is 2.53 bits per heavy atom. The van der Waals surface area contributed by atoms with Crippen molar-refractivity contribution >= 4 is 28.4 Å². The molecule has 3 aromatic carbocycles. The number of hydrogen-bond acceptors (Lipinski definition) is 8. The van der Waals surface area contributed by atoms with Crippen molar-refractivity contribution in [3.05, 3.63) is 84.3 Å². The Labute approximate surface area is 248 Å². The van der Waals surface area contributed by atoms with Crippen LogP contribution >= 0.6 is 0 Å². The molecular formula is C32H33FN4O6. The molecule has 1 fully saturated rings. The number of anilines is 1. The molecule has 1 saturated heterocycles. The molecule has 11 heteroatoms. The molecule has 1 aliphatic heterocycles. The molecule has 224 valence electrons. The number of nitrogens with one attached hydrogen (secondary N) is 3. The number of methoxy groups -OCH3 is 1. The van der Waals surface area contributed by atoms with Gasteiger partial charge >= 0.3 is 11.8 Å². The molecule has 43 heavy (non-hydrogen) atoms. The minimum atomic E-state index is -1.00. The van der Waals surface area contributed by atoms with Gasteiger partial charge in [-0.25, -0.2) is 4.39 Å². The van der Waals surface area contributed by atoms with Crippen LogP contribution in [0.4, 0.5) is 10.1 Å². The van der Waals surface area contributed by atoms with Gasteiger partial charge in [0.1, 0.15) is 5.75 Å². The molecule has 0 aliphatic carbocycles. The van der Waals surface area contributed by atoms with Crippen LogP contribution in [-0.2, 0) is 9.59 Å². The van der Waals surface area contributed by atoms with Crippen molar-refractivity contribution in [2.24, 2.45) is 5.92 Å². The first-order chi connectivity index (χ1) is 20.9. The Hall–Kier alpha value is -4.74. The van der Waals surface area contributed by atoms with E-state index in [1.165, 1.54) is 12.1 Å². The van der Waals surface area contributed by atoms with E-state index in [1.54, 1.807) is 61.8 Å². The molecule has 1 aliphatic rings. The van der Waals surface area contributed by atoms with E-state index in [1.807, 2.05) is 0 Å². The van der Waals surface area contributed by atoms with Gasteiger partial charge in [-0.2, -0.15) is 0 Å². The van der Waals surface area contributed by atoms with Crippen LogP contribution in [0.15, 0.2) is 72.9 Å². The second kappa shape index (κ2) is 14.0. The maximum Gasteiger partial charge on any atom is 0.313 e. The Morgan fingerprint density at radius 1 is 1.00 bits per heavy atom. The van der Waals surface area contributed by atoms with Crippen molar-refractivity contribution < 1.29 is 33.3 Å². The summed E-state index contributed by atoms with van der Waals surface area (Å²) in [6, 6.07) is 17.7. The van der Waals surface area contributed by atoms with Crippen LogP contribution in [-0.4, -0.2) is 55.3 Å². The van der Waals surface area contributed by atoms with E-state index < -0.39 is 23.7 Å². The molecule has 0 spiro atoms. The molecule has 1 aromatic heterocycles. The normalized spacial score (nSPS) is 14.1. The zero-order valence-corrected chi connectivity index (χ0v) is 23.6. The molecule has 1 unspecified atom stereocenters. The van der Waals surface area contributed by atoms with Crippen LogP contribution in [0, 0.1) is 11.7 Å². The Morgan fingerprint density at radius 2 is 1.79 bits per heavy atom. The molecule has 2 heterocycles. The minimum Gasteiger partial charge on any atom is -0.493 e. The predicted molar refractivity (Wildman–Crippen MR) is 159 cm³/mol. The van der Waals surface area contributed by atoms with E-state index in [9.17, 15) is 14.7 Å². The lowest BCUT2D eigenvalue weighted by Gasteiger charge is -2.23. The molecule has 0 bridgehead atoms. The average molecular weight is 589 g/mol. The van der Waals surface area contributed by atoms with Crippen LogP contribution in [0.1, 0.15) is 24.5 Å². The number of aliphatic hydroxyl groups is 1. The van der Waals surface area contributed by atoms with Crippen LogP contribution < -0.4 is 30.2 Å². The van der Waals surface area contributed by atoms with Gasteiger partial charge in [-0.1, -0.05) is 30.3 Å². The van der Waals surface area contributed by atoms with Gasteiger partial charge < -0.3 is 35.3 Å². The van der Waals surface area contributed by atoms with Gasteiger partial charge in [0, 0.05) is 35.9 Å². The topological polar surface area (TPSA) is 131 Å². The number of rotatable bonds is 10. The van der Waals surface area contributed by atoms with Crippen LogP contribution in [0.3, 0.4) is 0 Å². The summed E-state index contributed by atoms with van der Waals surface area (Å²) in [4.78, 5) is 29.0. The number of aromatic nitrogens is 1. The molecule has 2 amide bonds. The summed E-state index contributed by atoms with van der Waals surface area (Å²) in [6.45, 7) is 2.37. The predicted octanol–water partition coefficient (Wildman–Crippen LogP) is 4.34. The van der Waals surface area contributed by atoms with E-state index in [0.29, 0.717) is 46.2 Å². The van der Waals surface area contributed by atoms with Crippen LogP contribution in [0.2, 0.25) is 0 Å².